The van der Waals surface area contributed by atoms with Gasteiger partial charge in [0.1, 0.15) is 6.54 Å². The second-order valence-corrected chi connectivity index (χ2v) is 10.6. The van der Waals surface area contributed by atoms with E-state index in [-0.39, 0.29) is 30.1 Å². The fourth-order valence-electron chi connectivity index (χ4n) is 5.62. The predicted octanol–water partition coefficient (Wildman–Crippen LogP) is 3.52. The van der Waals surface area contributed by atoms with E-state index in [1.807, 2.05) is 0 Å². The molecule has 0 aromatic heterocycles. The van der Waals surface area contributed by atoms with E-state index in [0.717, 1.165) is 48.1 Å². The van der Waals surface area contributed by atoms with Crippen molar-refractivity contribution in [1.29, 1.82) is 0 Å². The number of amides is 1. The van der Waals surface area contributed by atoms with Gasteiger partial charge in [0.15, 0.2) is 5.96 Å². The van der Waals surface area contributed by atoms with Gasteiger partial charge in [-0.1, -0.05) is 17.9 Å². The number of methoxy groups -OCH3 is 1. The Morgan fingerprint density at radius 1 is 1.29 bits per heavy atom. The van der Waals surface area contributed by atoms with Crippen LogP contribution in [0.25, 0.3) is 0 Å². The zero-order valence-electron chi connectivity index (χ0n) is 21.3. The number of benzene rings is 1. The largest absolute Gasteiger partial charge is 0.462 e. The van der Waals surface area contributed by atoms with Crippen LogP contribution in [0, 0.1) is 23.2 Å². The van der Waals surface area contributed by atoms with E-state index < -0.39 is 11.5 Å². The summed E-state index contributed by atoms with van der Waals surface area (Å²) in [5.74, 6) is 6.71. The van der Waals surface area contributed by atoms with Crippen LogP contribution in [0.5, 0.6) is 0 Å². The van der Waals surface area contributed by atoms with Crippen LogP contribution in [-0.4, -0.2) is 49.1 Å². The average Bonchev–Trinajstić information content (AvgIpc) is 3.63. The van der Waals surface area contributed by atoms with E-state index in [2.05, 4.69) is 37.0 Å². The molecule has 7 heteroatoms. The number of esters is 1. The molecule has 3 aliphatic rings. The highest BCUT2D eigenvalue weighted by atomic mass is 16.5. The lowest BCUT2D eigenvalue weighted by Crippen LogP contribution is -2.47. The van der Waals surface area contributed by atoms with Crippen LogP contribution in [-0.2, 0) is 31.0 Å². The van der Waals surface area contributed by atoms with Gasteiger partial charge >= 0.3 is 5.97 Å². The van der Waals surface area contributed by atoms with Gasteiger partial charge < -0.3 is 15.2 Å². The van der Waals surface area contributed by atoms with E-state index in [0.29, 0.717) is 12.3 Å². The number of hydrogen-bond donors (Lipinski definition) is 1. The average molecular weight is 480 g/mol. The molecule has 0 saturated heterocycles. The van der Waals surface area contributed by atoms with Crippen LogP contribution in [0.4, 0.5) is 0 Å². The molecule has 188 valence electrons. The van der Waals surface area contributed by atoms with Crippen molar-refractivity contribution < 1.29 is 19.1 Å². The summed E-state index contributed by atoms with van der Waals surface area (Å²) in [4.78, 5) is 30.3. The second kappa shape index (κ2) is 10.0. The minimum atomic E-state index is -0.661. The van der Waals surface area contributed by atoms with Crippen LogP contribution in [0.15, 0.2) is 23.2 Å². The summed E-state index contributed by atoms with van der Waals surface area (Å²) in [6, 6.07) is 6.42. The van der Waals surface area contributed by atoms with Gasteiger partial charge in [-0.15, -0.1) is 0 Å². The highest BCUT2D eigenvalue weighted by Crippen LogP contribution is 2.59. The summed E-state index contributed by atoms with van der Waals surface area (Å²) in [7, 11) is 1.77. The van der Waals surface area contributed by atoms with Gasteiger partial charge in [0.25, 0.3) is 0 Å². The second-order valence-electron chi connectivity index (χ2n) is 10.6. The number of ether oxygens (including phenoxy) is 2. The van der Waals surface area contributed by atoms with Gasteiger partial charge in [0.05, 0.1) is 17.7 Å². The quantitative estimate of drug-likeness (QED) is 0.222. The van der Waals surface area contributed by atoms with Gasteiger partial charge in [-0.2, -0.15) is 0 Å². The van der Waals surface area contributed by atoms with Gasteiger partial charge in [-0.3, -0.25) is 14.5 Å². The van der Waals surface area contributed by atoms with Gasteiger partial charge in [0.2, 0.25) is 6.41 Å². The minimum absolute atomic E-state index is 0.0266. The topological polar surface area (TPSA) is 94.2 Å². The smallest absolute Gasteiger partial charge is 0.326 e. The Bertz CT molecular complexity index is 1060. The number of carbonyl (C=O) groups excluding carboxylic acids is 2. The summed E-state index contributed by atoms with van der Waals surface area (Å²) in [5, 5.41) is 0. The number of fused-ring (bicyclic) bond motifs is 1. The molecule has 0 aliphatic heterocycles. The molecule has 1 atom stereocenters. The third-order valence-corrected chi connectivity index (χ3v) is 7.84. The summed E-state index contributed by atoms with van der Waals surface area (Å²) < 4.78 is 10.9. The Labute approximate surface area is 208 Å². The van der Waals surface area contributed by atoms with Crippen molar-refractivity contribution in [2.75, 3.05) is 13.7 Å². The van der Waals surface area contributed by atoms with E-state index in [4.69, 9.17) is 20.2 Å². The molecule has 4 rings (SSSR count). The first kappa shape index (κ1) is 25.2. The molecule has 0 heterocycles. The fourth-order valence-corrected chi connectivity index (χ4v) is 5.62. The molecule has 1 aromatic carbocycles. The summed E-state index contributed by atoms with van der Waals surface area (Å²) in [5.41, 5.74) is 8.92. The van der Waals surface area contributed by atoms with Crippen molar-refractivity contribution in [3.05, 3.63) is 34.9 Å². The Balaban J connectivity index is 1.71. The van der Waals surface area contributed by atoms with E-state index in [1.165, 1.54) is 18.4 Å². The van der Waals surface area contributed by atoms with Crippen LogP contribution in [0.2, 0.25) is 0 Å². The molecule has 2 fully saturated rings. The zero-order valence-corrected chi connectivity index (χ0v) is 21.3. The summed E-state index contributed by atoms with van der Waals surface area (Å²) in [6.45, 7) is 5.37. The lowest BCUT2D eigenvalue weighted by molar-refractivity contribution is -0.148. The van der Waals surface area contributed by atoms with Crippen molar-refractivity contribution in [2.45, 2.75) is 83.5 Å². The molecule has 2 saturated carbocycles. The monoisotopic (exact) mass is 479 g/mol. The molecule has 1 unspecified atom stereocenters. The van der Waals surface area contributed by atoms with Crippen molar-refractivity contribution in [1.82, 2.24) is 4.90 Å². The van der Waals surface area contributed by atoms with E-state index >= 15 is 0 Å². The predicted molar refractivity (Wildman–Crippen MR) is 134 cm³/mol. The molecule has 1 amide bonds. The van der Waals surface area contributed by atoms with Gasteiger partial charge in [0, 0.05) is 24.0 Å². The third-order valence-electron chi connectivity index (χ3n) is 7.84. The molecular weight excluding hydrogens is 442 g/mol. The zero-order chi connectivity index (χ0) is 25.2. The maximum absolute atomic E-state index is 12.2. The lowest BCUT2D eigenvalue weighted by atomic mass is 9.62. The van der Waals surface area contributed by atoms with Crippen LogP contribution >= 0.6 is 0 Å². The standard InChI is InChI=1S/C28H37N3O4/c1-19(2)35-25(33)17-31(18-32)26(29)30-27(3)24-15-21(8-7-20-5-6-20)9-10-22(24)16-28(27)13-11-23(34-4)12-14-28/h9-10,15,18-20,23H,5-6,11-14,16-17H2,1-4H3,(H2,29,30). The Hall–Kier alpha value is -2.85. The summed E-state index contributed by atoms with van der Waals surface area (Å²) >= 11 is 0. The maximum atomic E-state index is 12.2. The minimum Gasteiger partial charge on any atom is -0.462 e. The molecule has 1 aromatic rings. The van der Waals surface area contributed by atoms with E-state index in [1.54, 1.807) is 21.0 Å². The summed E-state index contributed by atoms with van der Waals surface area (Å²) in [6.07, 6.45) is 7.53. The van der Waals surface area contributed by atoms with Crippen LogP contribution < -0.4 is 5.73 Å². The Morgan fingerprint density at radius 2 is 2.00 bits per heavy atom. The van der Waals surface area contributed by atoms with Gasteiger partial charge in [-0.05, 0) is 89.0 Å². The first-order valence-electron chi connectivity index (χ1n) is 12.6. The number of rotatable bonds is 6. The third kappa shape index (κ3) is 5.23. The molecule has 35 heavy (non-hydrogen) atoms. The molecule has 0 bridgehead atoms. The fraction of sp³-hybridized carbons (Fsp3) is 0.607. The van der Waals surface area contributed by atoms with Crippen LogP contribution in [0.1, 0.15) is 76.0 Å². The number of carbonyl (C=O) groups is 2. The van der Waals surface area contributed by atoms with Crippen LogP contribution in [0.3, 0.4) is 0 Å². The van der Waals surface area contributed by atoms with Crippen molar-refractivity contribution in [3.63, 3.8) is 0 Å². The molecule has 0 radical (unpaired) electrons. The molecule has 1 spiro atoms. The SMILES string of the molecule is COC1CCC2(CC1)Cc1ccc(C#CC3CC3)cc1C2(C)N=C(N)N(C=O)CC(=O)OC(C)C. The number of aliphatic imine (C=N–C) groups is 1. The maximum Gasteiger partial charge on any atom is 0.326 e. The number of hydrogen-bond acceptors (Lipinski definition) is 5. The number of nitrogens with two attached hydrogens (primary N) is 1. The molecule has 7 nitrogen and oxygen atoms in total. The number of nitrogens with zero attached hydrogens (tertiary/aromatic N) is 2. The first-order chi connectivity index (χ1) is 16.7. The highest BCUT2D eigenvalue weighted by Gasteiger charge is 2.56. The molecule has 2 N–H and O–H groups in total. The van der Waals surface area contributed by atoms with Crippen molar-refractivity contribution in [2.24, 2.45) is 22.1 Å². The normalized spacial score (nSPS) is 27.8. The highest BCUT2D eigenvalue weighted by molar-refractivity contribution is 5.92. The Kier molecular flexibility index (Phi) is 7.23. The molecule has 3 aliphatic carbocycles. The molecular formula is C28H37N3O4. The first-order valence-corrected chi connectivity index (χ1v) is 12.6. The van der Waals surface area contributed by atoms with Crippen molar-refractivity contribution in [3.8, 4) is 11.8 Å². The Morgan fingerprint density at radius 3 is 2.60 bits per heavy atom. The van der Waals surface area contributed by atoms with Gasteiger partial charge in [-0.25, -0.2) is 4.99 Å². The number of guanidine groups is 1. The van der Waals surface area contributed by atoms with Crippen molar-refractivity contribution >= 4 is 18.3 Å². The lowest BCUT2D eigenvalue weighted by Gasteiger charge is -2.46. The van der Waals surface area contributed by atoms with E-state index in [9.17, 15) is 9.59 Å².